The highest BCUT2D eigenvalue weighted by atomic mass is 16.3. The fraction of sp³-hybridized carbons (Fsp3) is 0.615. The highest BCUT2D eigenvalue weighted by molar-refractivity contribution is 5.29. The van der Waals surface area contributed by atoms with Gasteiger partial charge in [0, 0.05) is 18.8 Å². The van der Waals surface area contributed by atoms with Crippen LogP contribution in [0.3, 0.4) is 0 Å². The van der Waals surface area contributed by atoms with E-state index in [2.05, 4.69) is 29.6 Å². The molecule has 1 heterocycles. The Kier molecular flexibility index (Phi) is 5.43. The number of nitrogens with zero attached hydrogens (tertiary/aromatic N) is 2. The third-order valence-corrected chi connectivity index (χ3v) is 2.81. The highest BCUT2D eigenvalue weighted by Gasteiger charge is 2.16. The van der Waals surface area contributed by atoms with Crippen LogP contribution in [0.2, 0.25) is 0 Å². The largest absolute Gasteiger partial charge is 0.392 e. The van der Waals surface area contributed by atoms with Crippen LogP contribution >= 0.6 is 0 Å². The van der Waals surface area contributed by atoms with Crippen LogP contribution in [0.25, 0.3) is 0 Å². The van der Waals surface area contributed by atoms with Gasteiger partial charge in [-0.25, -0.2) is 0 Å². The molecule has 1 saturated heterocycles. The summed E-state index contributed by atoms with van der Waals surface area (Å²) in [6, 6.07) is 0. The van der Waals surface area contributed by atoms with Crippen LogP contribution in [-0.4, -0.2) is 42.5 Å². The Morgan fingerprint density at radius 1 is 1.50 bits per heavy atom. The number of β-amino-alcohol motifs (C(OH)–C–C–N with tert-alkyl or cyclic N) is 1. The summed E-state index contributed by atoms with van der Waals surface area (Å²) in [7, 11) is 0. The van der Waals surface area contributed by atoms with Crippen molar-refractivity contribution >= 4 is 6.72 Å². The Morgan fingerprint density at radius 3 is 2.88 bits per heavy atom. The summed E-state index contributed by atoms with van der Waals surface area (Å²) in [6.07, 6.45) is 5.94. The molecule has 1 aliphatic heterocycles. The van der Waals surface area contributed by atoms with E-state index >= 15 is 0 Å². The quantitative estimate of drug-likeness (QED) is 0.583. The molecule has 0 aromatic heterocycles. The maximum Gasteiger partial charge on any atom is 0.0667 e. The van der Waals surface area contributed by atoms with Crippen molar-refractivity contribution in [3.8, 4) is 0 Å². The molecule has 0 bridgehead atoms. The van der Waals surface area contributed by atoms with E-state index in [9.17, 15) is 5.11 Å². The van der Waals surface area contributed by atoms with Crippen molar-refractivity contribution in [3.63, 3.8) is 0 Å². The molecule has 3 nitrogen and oxygen atoms in total. The molecule has 0 amide bonds. The van der Waals surface area contributed by atoms with E-state index in [4.69, 9.17) is 0 Å². The molecule has 1 N–H and O–H groups in total. The van der Waals surface area contributed by atoms with Gasteiger partial charge in [-0.15, -0.1) is 0 Å². The number of likely N-dealkylation sites (tertiary alicyclic amines) is 1. The molecule has 0 aliphatic carbocycles. The smallest absolute Gasteiger partial charge is 0.0667 e. The zero-order valence-electron chi connectivity index (χ0n) is 10.3. The lowest BCUT2D eigenvalue weighted by molar-refractivity contribution is 0.0758. The Hall–Kier alpha value is -0.930. The summed E-state index contributed by atoms with van der Waals surface area (Å²) in [6.45, 7) is 10.3. The van der Waals surface area contributed by atoms with E-state index in [-0.39, 0.29) is 6.10 Å². The van der Waals surface area contributed by atoms with Crippen molar-refractivity contribution in [2.45, 2.75) is 32.8 Å². The maximum atomic E-state index is 9.55. The Morgan fingerprint density at radius 2 is 2.25 bits per heavy atom. The molecule has 0 aromatic carbocycles. The minimum absolute atomic E-state index is 0.145. The fourth-order valence-electron chi connectivity index (χ4n) is 1.90. The van der Waals surface area contributed by atoms with Crippen LogP contribution in [0.5, 0.6) is 0 Å². The lowest BCUT2D eigenvalue weighted by Gasteiger charge is -2.30. The van der Waals surface area contributed by atoms with Gasteiger partial charge in [0.1, 0.15) is 0 Å². The molecule has 0 radical (unpaired) electrons. The maximum absolute atomic E-state index is 9.55. The van der Waals surface area contributed by atoms with Gasteiger partial charge < -0.3 is 5.11 Å². The van der Waals surface area contributed by atoms with Gasteiger partial charge in [0.05, 0.1) is 6.10 Å². The topological polar surface area (TPSA) is 35.8 Å². The summed E-state index contributed by atoms with van der Waals surface area (Å²) < 4.78 is 0. The molecule has 1 aliphatic rings. The summed E-state index contributed by atoms with van der Waals surface area (Å²) in [4.78, 5) is 6.13. The molecular formula is C13H22N2O. The minimum atomic E-state index is -0.145. The van der Waals surface area contributed by atoms with Crippen LogP contribution in [0, 0.1) is 0 Å². The lowest BCUT2D eigenvalue weighted by Crippen LogP contribution is -2.38. The second-order valence-electron chi connectivity index (χ2n) is 4.51. The molecule has 1 atom stereocenters. The van der Waals surface area contributed by atoms with E-state index in [1.807, 2.05) is 13.0 Å². The van der Waals surface area contributed by atoms with Gasteiger partial charge >= 0.3 is 0 Å². The van der Waals surface area contributed by atoms with Crippen molar-refractivity contribution in [3.05, 3.63) is 23.4 Å². The van der Waals surface area contributed by atoms with Crippen LogP contribution in [0.4, 0.5) is 0 Å². The minimum Gasteiger partial charge on any atom is -0.392 e. The van der Waals surface area contributed by atoms with E-state index in [0.717, 1.165) is 38.2 Å². The van der Waals surface area contributed by atoms with Gasteiger partial charge in [0.15, 0.2) is 0 Å². The first-order chi connectivity index (χ1) is 7.61. The van der Waals surface area contributed by atoms with Crippen molar-refractivity contribution < 1.29 is 5.11 Å². The SMILES string of the molecule is C=N/C(C)=C\C=C(/C)CN1CCCC(O)C1. The van der Waals surface area contributed by atoms with Crippen molar-refractivity contribution in [1.82, 2.24) is 4.90 Å². The number of aliphatic hydroxyl groups is 1. The number of allylic oxidation sites excluding steroid dienone is 3. The Labute approximate surface area is 98.2 Å². The summed E-state index contributed by atoms with van der Waals surface area (Å²) in [5, 5.41) is 9.55. The lowest BCUT2D eigenvalue weighted by atomic mass is 10.1. The van der Waals surface area contributed by atoms with Gasteiger partial charge in [0.2, 0.25) is 0 Å². The van der Waals surface area contributed by atoms with E-state index in [0.29, 0.717) is 0 Å². The van der Waals surface area contributed by atoms with Gasteiger partial charge in [-0.05, 0) is 46.0 Å². The number of piperidine rings is 1. The van der Waals surface area contributed by atoms with Gasteiger partial charge in [-0.1, -0.05) is 11.6 Å². The van der Waals surface area contributed by atoms with Crippen molar-refractivity contribution in [1.29, 1.82) is 0 Å². The van der Waals surface area contributed by atoms with Crippen molar-refractivity contribution in [2.75, 3.05) is 19.6 Å². The molecule has 1 unspecified atom stereocenters. The normalized spacial score (nSPS) is 24.6. The van der Waals surface area contributed by atoms with E-state index < -0.39 is 0 Å². The van der Waals surface area contributed by atoms with Gasteiger partial charge in [0.25, 0.3) is 0 Å². The Balaban J connectivity index is 2.43. The van der Waals surface area contributed by atoms with E-state index in [1.54, 1.807) is 0 Å². The fourth-order valence-corrected chi connectivity index (χ4v) is 1.90. The number of aliphatic hydroxyl groups excluding tert-OH is 1. The second-order valence-corrected chi connectivity index (χ2v) is 4.51. The monoisotopic (exact) mass is 222 g/mol. The average molecular weight is 222 g/mol. The van der Waals surface area contributed by atoms with Gasteiger partial charge in [-0.2, -0.15) is 0 Å². The van der Waals surface area contributed by atoms with Crippen LogP contribution in [-0.2, 0) is 0 Å². The average Bonchev–Trinajstić information content (AvgIpc) is 2.26. The van der Waals surface area contributed by atoms with Crippen LogP contribution in [0.15, 0.2) is 28.4 Å². The summed E-state index contributed by atoms with van der Waals surface area (Å²) in [5.41, 5.74) is 2.22. The first-order valence-corrected chi connectivity index (χ1v) is 5.83. The predicted octanol–water partition coefficient (Wildman–Crippen LogP) is 1.99. The number of rotatable bonds is 4. The van der Waals surface area contributed by atoms with Crippen LogP contribution < -0.4 is 0 Å². The summed E-state index contributed by atoms with van der Waals surface area (Å²) >= 11 is 0. The standard InChI is InChI=1S/C13H22N2O/c1-11(6-7-12(2)14-3)9-15-8-4-5-13(16)10-15/h6-7,13,16H,3-5,8-10H2,1-2H3/b11-6+,12-7-. The molecular weight excluding hydrogens is 200 g/mol. The molecule has 90 valence electrons. The molecule has 16 heavy (non-hydrogen) atoms. The zero-order chi connectivity index (χ0) is 12.0. The number of hydrogen-bond acceptors (Lipinski definition) is 3. The second kappa shape index (κ2) is 6.61. The third-order valence-electron chi connectivity index (χ3n) is 2.81. The molecule has 0 saturated carbocycles. The first kappa shape index (κ1) is 13.1. The number of hydrogen-bond donors (Lipinski definition) is 1. The zero-order valence-corrected chi connectivity index (χ0v) is 10.3. The molecule has 3 heteroatoms. The third kappa shape index (κ3) is 4.73. The first-order valence-electron chi connectivity index (χ1n) is 5.83. The van der Waals surface area contributed by atoms with Crippen LogP contribution in [0.1, 0.15) is 26.7 Å². The molecule has 1 rings (SSSR count). The van der Waals surface area contributed by atoms with E-state index in [1.165, 1.54) is 5.57 Å². The molecule has 0 spiro atoms. The molecule has 1 fully saturated rings. The predicted molar refractivity (Wildman–Crippen MR) is 68.7 cm³/mol. The number of aliphatic imine (C=N–C) groups is 1. The van der Waals surface area contributed by atoms with Crippen molar-refractivity contribution in [2.24, 2.45) is 4.99 Å². The molecule has 0 aromatic rings. The van der Waals surface area contributed by atoms with Gasteiger partial charge in [-0.3, -0.25) is 9.89 Å². The summed E-state index contributed by atoms with van der Waals surface area (Å²) in [5.74, 6) is 0. The Bertz CT molecular complexity index is 294. The highest BCUT2D eigenvalue weighted by Crippen LogP contribution is 2.11.